The SMILES string of the molecule is CCCCCCCCCCCOCCn1ccc([C]=O)c1. The highest BCUT2D eigenvalue weighted by Gasteiger charge is 1.96. The Balaban J connectivity index is 1.81. The van der Waals surface area contributed by atoms with E-state index in [9.17, 15) is 4.79 Å². The molecular formula is C18H30NO2. The molecule has 1 rings (SSSR count). The van der Waals surface area contributed by atoms with Crippen LogP contribution in [-0.2, 0) is 16.1 Å². The van der Waals surface area contributed by atoms with E-state index in [4.69, 9.17) is 4.74 Å². The van der Waals surface area contributed by atoms with Crippen LogP contribution in [0.15, 0.2) is 18.5 Å². The minimum atomic E-state index is 0.605. The molecule has 0 aliphatic carbocycles. The molecular weight excluding hydrogens is 262 g/mol. The fourth-order valence-electron chi connectivity index (χ4n) is 2.43. The van der Waals surface area contributed by atoms with Gasteiger partial charge in [-0.2, -0.15) is 0 Å². The van der Waals surface area contributed by atoms with Crippen LogP contribution in [0.2, 0.25) is 0 Å². The Kier molecular flexibility index (Phi) is 10.8. The molecule has 0 aliphatic rings. The Morgan fingerprint density at radius 2 is 1.67 bits per heavy atom. The van der Waals surface area contributed by atoms with Crippen LogP contribution in [0.5, 0.6) is 0 Å². The zero-order chi connectivity index (χ0) is 15.2. The monoisotopic (exact) mass is 292 g/mol. The Morgan fingerprint density at radius 3 is 2.29 bits per heavy atom. The number of ether oxygens (including phenoxy) is 1. The molecule has 3 heteroatoms. The fraction of sp³-hybridized carbons (Fsp3) is 0.722. The molecule has 119 valence electrons. The maximum absolute atomic E-state index is 10.4. The fourth-order valence-corrected chi connectivity index (χ4v) is 2.43. The van der Waals surface area contributed by atoms with Gasteiger partial charge in [-0.15, -0.1) is 0 Å². The quantitative estimate of drug-likeness (QED) is 0.473. The van der Waals surface area contributed by atoms with Crippen molar-refractivity contribution in [2.45, 2.75) is 71.3 Å². The summed E-state index contributed by atoms with van der Waals surface area (Å²) in [6.45, 7) is 4.63. The van der Waals surface area contributed by atoms with Gasteiger partial charge in [-0.3, -0.25) is 4.79 Å². The van der Waals surface area contributed by atoms with Gasteiger partial charge in [0.05, 0.1) is 6.61 Å². The molecule has 0 saturated heterocycles. The maximum Gasteiger partial charge on any atom is 0.235 e. The summed E-state index contributed by atoms with van der Waals surface area (Å²) >= 11 is 0. The highest BCUT2D eigenvalue weighted by atomic mass is 16.5. The van der Waals surface area contributed by atoms with Crippen LogP contribution in [-0.4, -0.2) is 24.1 Å². The van der Waals surface area contributed by atoms with E-state index in [2.05, 4.69) is 6.92 Å². The van der Waals surface area contributed by atoms with Gasteiger partial charge in [0.2, 0.25) is 6.29 Å². The second-order valence-electron chi connectivity index (χ2n) is 5.68. The summed E-state index contributed by atoms with van der Waals surface area (Å²) in [6, 6.07) is 1.77. The number of hydrogen-bond acceptors (Lipinski definition) is 2. The molecule has 0 aliphatic heterocycles. The second kappa shape index (κ2) is 12.6. The molecule has 0 saturated carbocycles. The molecule has 0 N–H and O–H groups in total. The maximum atomic E-state index is 10.4. The summed E-state index contributed by atoms with van der Waals surface area (Å²) in [6.07, 6.45) is 17.6. The molecule has 0 bridgehead atoms. The predicted molar refractivity (Wildman–Crippen MR) is 87.3 cm³/mol. The summed E-state index contributed by atoms with van der Waals surface area (Å²) in [5.74, 6) is 0. The van der Waals surface area contributed by atoms with E-state index in [0.29, 0.717) is 12.2 Å². The Morgan fingerprint density at radius 1 is 1.00 bits per heavy atom. The normalized spacial score (nSPS) is 10.9. The van der Waals surface area contributed by atoms with Gasteiger partial charge in [-0.1, -0.05) is 58.3 Å². The van der Waals surface area contributed by atoms with Crippen LogP contribution in [0.3, 0.4) is 0 Å². The summed E-state index contributed by atoms with van der Waals surface area (Å²) in [7, 11) is 0. The summed E-state index contributed by atoms with van der Waals surface area (Å²) in [4.78, 5) is 10.4. The molecule has 0 aromatic carbocycles. The average Bonchev–Trinajstić information content (AvgIpc) is 2.96. The molecule has 0 atom stereocenters. The van der Waals surface area contributed by atoms with Crippen molar-refractivity contribution < 1.29 is 9.53 Å². The minimum Gasteiger partial charge on any atom is -0.380 e. The highest BCUT2D eigenvalue weighted by molar-refractivity contribution is 5.74. The van der Waals surface area contributed by atoms with Gasteiger partial charge < -0.3 is 9.30 Å². The molecule has 21 heavy (non-hydrogen) atoms. The van der Waals surface area contributed by atoms with Crippen molar-refractivity contribution in [2.24, 2.45) is 0 Å². The standard InChI is InChI=1S/C18H30NO2/c1-2-3-4-5-6-7-8-9-10-14-21-15-13-19-12-11-18(16-19)17-20/h11-12,16H,2-10,13-15H2,1H3. The first-order valence-corrected chi connectivity index (χ1v) is 8.48. The molecule has 0 fully saturated rings. The van der Waals surface area contributed by atoms with Crippen molar-refractivity contribution in [3.05, 3.63) is 24.0 Å². The van der Waals surface area contributed by atoms with Crippen molar-refractivity contribution in [1.82, 2.24) is 4.57 Å². The highest BCUT2D eigenvalue weighted by Crippen LogP contribution is 2.09. The van der Waals surface area contributed by atoms with E-state index in [1.165, 1.54) is 51.4 Å². The van der Waals surface area contributed by atoms with E-state index >= 15 is 0 Å². The topological polar surface area (TPSA) is 31.2 Å². The van der Waals surface area contributed by atoms with Crippen molar-refractivity contribution in [3.63, 3.8) is 0 Å². The Bertz CT molecular complexity index is 360. The zero-order valence-electron chi connectivity index (χ0n) is 13.5. The third-order valence-electron chi connectivity index (χ3n) is 3.75. The molecule has 0 unspecified atom stereocenters. The molecule has 1 radical (unpaired) electrons. The zero-order valence-corrected chi connectivity index (χ0v) is 13.5. The molecule has 0 amide bonds. The molecule has 3 nitrogen and oxygen atoms in total. The van der Waals surface area contributed by atoms with Crippen molar-refractivity contribution in [1.29, 1.82) is 0 Å². The summed E-state index contributed by atoms with van der Waals surface area (Å²) in [5, 5.41) is 0. The van der Waals surface area contributed by atoms with E-state index in [0.717, 1.165) is 19.6 Å². The minimum absolute atomic E-state index is 0.605. The van der Waals surface area contributed by atoms with Gasteiger partial charge in [0, 0.05) is 31.1 Å². The van der Waals surface area contributed by atoms with Crippen LogP contribution in [0, 0.1) is 0 Å². The van der Waals surface area contributed by atoms with E-state index in [1.54, 1.807) is 12.3 Å². The summed E-state index contributed by atoms with van der Waals surface area (Å²) < 4.78 is 7.59. The van der Waals surface area contributed by atoms with Crippen LogP contribution in [0.25, 0.3) is 0 Å². The van der Waals surface area contributed by atoms with Gasteiger partial charge >= 0.3 is 0 Å². The van der Waals surface area contributed by atoms with Crippen molar-refractivity contribution in [2.75, 3.05) is 13.2 Å². The van der Waals surface area contributed by atoms with Crippen LogP contribution in [0.4, 0.5) is 0 Å². The molecule has 1 heterocycles. The molecule has 0 spiro atoms. The third kappa shape index (κ3) is 9.46. The largest absolute Gasteiger partial charge is 0.380 e. The van der Waals surface area contributed by atoms with Gasteiger partial charge in [0.15, 0.2) is 0 Å². The number of carbonyl (C=O) groups excluding carboxylic acids is 1. The lowest BCUT2D eigenvalue weighted by Gasteiger charge is -2.05. The van der Waals surface area contributed by atoms with Crippen LogP contribution >= 0.6 is 0 Å². The second-order valence-corrected chi connectivity index (χ2v) is 5.68. The third-order valence-corrected chi connectivity index (χ3v) is 3.75. The first-order chi connectivity index (χ1) is 10.4. The number of aromatic nitrogens is 1. The van der Waals surface area contributed by atoms with Gasteiger partial charge in [-0.25, -0.2) is 0 Å². The number of rotatable bonds is 14. The van der Waals surface area contributed by atoms with Crippen molar-refractivity contribution in [3.8, 4) is 0 Å². The summed E-state index contributed by atoms with van der Waals surface area (Å²) in [5.41, 5.74) is 0.605. The lowest BCUT2D eigenvalue weighted by atomic mass is 10.1. The van der Waals surface area contributed by atoms with Crippen molar-refractivity contribution >= 4 is 6.29 Å². The Hall–Kier alpha value is -1.09. The number of nitrogens with zero attached hydrogens (tertiary/aromatic N) is 1. The average molecular weight is 292 g/mol. The van der Waals surface area contributed by atoms with Crippen LogP contribution < -0.4 is 0 Å². The Labute approximate surface area is 129 Å². The molecule has 1 aromatic heterocycles. The number of unbranched alkanes of at least 4 members (excludes halogenated alkanes) is 8. The lowest BCUT2D eigenvalue weighted by molar-refractivity contribution is 0.122. The molecule has 1 aromatic rings. The van der Waals surface area contributed by atoms with Gasteiger partial charge in [0.1, 0.15) is 0 Å². The van der Waals surface area contributed by atoms with Gasteiger partial charge in [-0.05, 0) is 12.5 Å². The smallest absolute Gasteiger partial charge is 0.235 e. The first kappa shape index (κ1) is 18.0. The van der Waals surface area contributed by atoms with E-state index < -0.39 is 0 Å². The number of hydrogen-bond donors (Lipinski definition) is 0. The lowest BCUT2D eigenvalue weighted by Crippen LogP contribution is -2.05. The van der Waals surface area contributed by atoms with Gasteiger partial charge in [0.25, 0.3) is 0 Å². The first-order valence-electron chi connectivity index (χ1n) is 8.48. The van der Waals surface area contributed by atoms with Crippen LogP contribution in [0.1, 0.15) is 70.3 Å². The van der Waals surface area contributed by atoms with E-state index in [1.807, 2.05) is 17.1 Å². The van der Waals surface area contributed by atoms with E-state index in [-0.39, 0.29) is 0 Å². The predicted octanol–water partition coefficient (Wildman–Crippen LogP) is 4.49.